The summed E-state index contributed by atoms with van der Waals surface area (Å²) in [7, 11) is 0. The van der Waals surface area contributed by atoms with Gasteiger partial charge in [0.05, 0.1) is 30.9 Å². The van der Waals surface area contributed by atoms with E-state index in [4.69, 9.17) is 30.5 Å². The largest absolute Gasteiger partial charge is 0.488 e. The summed E-state index contributed by atoms with van der Waals surface area (Å²) < 4.78 is 23.5. The molecule has 0 bridgehead atoms. The van der Waals surface area contributed by atoms with Crippen molar-refractivity contribution in [2.24, 2.45) is 0 Å². The Morgan fingerprint density at radius 2 is 1.83 bits per heavy atom. The van der Waals surface area contributed by atoms with Gasteiger partial charge in [0.15, 0.2) is 0 Å². The van der Waals surface area contributed by atoms with E-state index in [1.54, 1.807) is 17.0 Å². The molecule has 0 aromatic heterocycles. The first-order valence-electron chi connectivity index (χ1n) is 14.5. The number of amides is 1. The van der Waals surface area contributed by atoms with Gasteiger partial charge in [0, 0.05) is 36.1 Å². The highest BCUT2D eigenvalue weighted by atomic mass is 35.5. The molecule has 4 rings (SSSR count). The number of halogens is 1. The predicted octanol–water partition coefficient (Wildman–Crippen LogP) is 6.82. The van der Waals surface area contributed by atoms with E-state index in [2.05, 4.69) is 0 Å². The van der Waals surface area contributed by atoms with E-state index in [0.29, 0.717) is 36.1 Å². The van der Waals surface area contributed by atoms with Crippen LogP contribution < -0.4 is 4.74 Å². The molecule has 2 aliphatic heterocycles. The molecule has 2 aliphatic rings. The smallest absolute Gasteiger partial charge is 0.336 e. The Kier molecular flexibility index (Phi) is 10.5. The van der Waals surface area contributed by atoms with E-state index in [0.717, 1.165) is 36.1 Å². The second kappa shape index (κ2) is 13.9. The third kappa shape index (κ3) is 8.57. The summed E-state index contributed by atoms with van der Waals surface area (Å²) in [6.45, 7) is 11.8. The molecule has 2 aromatic rings. The number of allylic oxidation sites excluding steroid dienone is 1. The number of benzene rings is 2. The van der Waals surface area contributed by atoms with Gasteiger partial charge < -0.3 is 23.8 Å². The first-order valence-corrected chi connectivity index (χ1v) is 14.8. The van der Waals surface area contributed by atoms with Crippen molar-refractivity contribution in [3.05, 3.63) is 76.0 Å². The molecule has 0 N–H and O–H groups in total. The molecule has 0 unspecified atom stereocenters. The van der Waals surface area contributed by atoms with Crippen LogP contribution >= 0.6 is 11.6 Å². The lowest BCUT2D eigenvalue weighted by Crippen LogP contribution is -2.42. The Hall–Kier alpha value is -2.87. The van der Waals surface area contributed by atoms with Crippen LogP contribution in [0.1, 0.15) is 77.3 Å². The minimum absolute atomic E-state index is 0.0216. The lowest BCUT2D eigenvalue weighted by molar-refractivity contribution is -0.141. The highest BCUT2D eigenvalue weighted by Crippen LogP contribution is 2.38. The summed E-state index contributed by atoms with van der Waals surface area (Å²) in [6.07, 6.45) is 2.99. The van der Waals surface area contributed by atoms with Gasteiger partial charge in [-0.15, -0.1) is 0 Å². The Bertz CT molecular complexity index is 1220. The van der Waals surface area contributed by atoms with Gasteiger partial charge in [-0.05, 0) is 82.9 Å². The lowest BCUT2D eigenvalue weighted by atomic mass is 9.83. The number of nitrogens with zero attached hydrogens (tertiary/aromatic N) is 1. The van der Waals surface area contributed by atoms with Gasteiger partial charge >= 0.3 is 5.97 Å². The van der Waals surface area contributed by atoms with Crippen molar-refractivity contribution >= 4 is 23.5 Å². The molecule has 0 radical (unpaired) electrons. The number of carbonyl (C=O) groups is 2. The number of hydrogen-bond donors (Lipinski definition) is 0. The number of esters is 1. The van der Waals surface area contributed by atoms with Crippen LogP contribution in [0.4, 0.5) is 0 Å². The Morgan fingerprint density at radius 1 is 1.12 bits per heavy atom. The Morgan fingerprint density at radius 3 is 2.46 bits per heavy atom. The molecule has 1 amide bonds. The van der Waals surface area contributed by atoms with Crippen molar-refractivity contribution in [3.8, 4) is 5.75 Å². The SMILES string of the molecule is CC1=C(C(=O)OCc2ccc(OC(C)(C)CCOC(C)C)cc2)[C@@H](c2ccc(Cl)cc2)CC(=O)N1C[C@@H]1CCCO1. The van der Waals surface area contributed by atoms with E-state index in [-0.39, 0.29) is 36.7 Å². The van der Waals surface area contributed by atoms with E-state index >= 15 is 0 Å². The minimum atomic E-state index is -0.432. The molecule has 2 atom stereocenters. The first kappa shape index (κ1) is 31.1. The standard InChI is InChI=1S/C33H42ClNO6/c1-22(2)38-18-16-33(4,5)41-27-14-8-24(9-15-27)21-40-32(37)31-23(3)35(20-28-7-6-17-39-28)30(36)19-29(31)25-10-12-26(34)13-11-25/h8-15,22,28-29H,6-7,16-21H2,1-5H3/t28-,29+/m0/s1. The molecule has 1 fully saturated rings. The number of rotatable bonds is 12. The molecular formula is C33H42ClNO6. The van der Waals surface area contributed by atoms with Gasteiger partial charge in [-0.1, -0.05) is 35.9 Å². The number of carbonyl (C=O) groups excluding carboxylic acids is 2. The molecule has 41 heavy (non-hydrogen) atoms. The molecular weight excluding hydrogens is 542 g/mol. The minimum Gasteiger partial charge on any atom is -0.488 e. The Labute approximate surface area is 248 Å². The molecule has 0 spiro atoms. The van der Waals surface area contributed by atoms with Crippen LogP contribution in [0, 0.1) is 0 Å². The van der Waals surface area contributed by atoms with Crippen molar-refractivity contribution in [3.63, 3.8) is 0 Å². The topological polar surface area (TPSA) is 74.3 Å². The summed E-state index contributed by atoms with van der Waals surface area (Å²) in [6, 6.07) is 14.9. The zero-order chi connectivity index (χ0) is 29.6. The maximum Gasteiger partial charge on any atom is 0.336 e. The average Bonchev–Trinajstić information content (AvgIpc) is 3.43. The number of ether oxygens (including phenoxy) is 4. The van der Waals surface area contributed by atoms with Crippen LogP contribution in [-0.4, -0.2) is 54.3 Å². The van der Waals surface area contributed by atoms with Crippen molar-refractivity contribution in [2.75, 3.05) is 19.8 Å². The van der Waals surface area contributed by atoms with Crippen LogP contribution in [0.2, 0.25) is 5.02 Å². The highest BCUT2D eigenvalue weighted by Gasteiger charge is 2.38. The van der Waals surface area contributed by atoms with E-state index < -0.39 is 11.9 Å². The third-order valence-corrected chi connectivity index (χ3v) is 7.82. The second-order valence-corrected chi connectivity index (χ2v) is 12.1. The van der Waals surface area contributed by atoms with Crippen molar-refractivity contribution < 1.29 is 28.5 Å². The fourth-order valence-electron chi connectivity index (χ4n) is 5.26. The molecule has 7 nitrogen and oxygen atoms in total. The van der Waals surface area contributed by atoms with E-state index in [1.165, 1.54) is 0 Å². The highest BCUT2D eigenvalue weighted by molar-refractivity contribution is 6.30. The fraction of sp³-hybridized carbons (Fsp3) is 0.515. The zero-order valence-corrected chi connectivity index (χ0v) is 25.5. The predicted molar refractivity (Wildman–Crippen MR) is 159 cm³/mol. The number of hydrogen-bond acceptors (Lipinski definition) is 6. The monoisotopic (exact) mass is 583 g/mol. The first-order chi connectivity index (χ1) is 19.5. The van der Waals surface area contributed by atoms with Crippen molar-refractivity contribution in [1.82, 2.24) is 4.90 Å². The van der Waals surface area contributed by atoms with Crippen LogP contribution in [0.15, 0.2) is 59.8 Å². The summed E-state index contributed by atoms with van der Waals surface area (Å²) in [5, 5.41) is 0.598. The van der Waals surface area contributed by atoms with Crippen LogP contribution in [0.3, 0.4) is 0 Å². The van der Waals surface area contributed by atoms with Crippen molar-refractivity contribution in [1.29, 1.82) is 0 Å². The molecule has 2 heterocycles. The normalized spacial score (nSPS) is 19.7. The second-order valence-electron chi connectivity index (χ2n) is 11.7. The fourth-order valence-corrected chi connectivity index (χ4v) is 5.39. The molecule has 222 valence electrons. The molecule has 8 heteroatoms. The Balaban J connectivity index is 1.46. The zero-order valence-electron chi connectivity index (χ0n) is 24.8. The molecule has 2 aromatic carbocycles. The van der Waals surface area contributed by atoms with E-state index in [1.807, 2.05) is 71.0 Å². The van der Waals surface area contributed by atoms with Gasteiger partial charge in [0.2, 0.25) is 5.91 Å². The quantitative estimate of drug-likeness (QED) is 0.255. The average molecular weight is 584 g/mol. The maximum atomic E-state index is 13.6. The van der Waals surface area contributed by atoms with Gasteiger partial charge in [0.1, 0.15) is 18.0 Å². The molecule has 0 aliphatic carbocycles. The molecule has 0 saturated carbocycles. The summed E-state index contributed by atoms with van der Waals surface area (Å²) >= 11 is 6.12. The summed E-state index contributed by atoms with van der Waals surface area (Å²) in [4.78, 5) is 28.6. The van der Waals surface area contributed by atoms with Gasteiger partial charge in [0.25, 0.3) is 0 Å². The third-order valence-electron chi connectivity index (χ3n) is 7.57. The van der Waals surface area contributed by atoms with Crippen LogP contribution in [0.25, 0.3) is 0 Å². The van der Waals surface area contributed by atoms with Crippen LogP contribution in [-0.2, 0) is 30.4 Å². The van der Waals surface area contributed by atoms with Gasteiger partial charge in [-0.3, -0.25) is 4.79 Å². The van der Waals surface area contributed by atoms with E-state index in [9.17, 15) is 9.59 Å². The summed E-state index contributed by atoms with van der Waals surface area (Å²) in [5.41, 5.74) is 2.44. The van der Waals surface area contributed by atoms with Crippen LogP contribution in [0.5, 0.6) is 5.75 Å². The molecule has 1 saturated heterocycles. The maximum absolute atomic E-state index is 13.6. The van der Waals surface area contributed by atoms with Gasteiger partial charge in [-0.25, -0.2) is 4.79 Å². The van der Waals surface area contributed by atoms with Gasteiger partial charge in [-0.2, -0.15) is 0 Å². The lowest BCUT2D eigenvalue weighted by Gasteiger charge is -2.35. The van der Waals surface area contributed by atoms with Crippen molar-refractivity contribution in [2.45, 2.75) is 90.6 Å². The summed E-state index contributed by atoms with van der Waals surface area (Å²) in [5.74, 6) is -0.125.